The third-order valence-electron chi connectivity index (χ3n) is 8.80. The monoisotopic (exact) mass is 497 g/mol. The van der Waals surface area contributed by atoms with Gasteiger partial charge in [-0.2, -0.15) is 10.2 Å². The maximum absolute atomic E-state index is 5.57. The van der Waals surface area contributed by atoms with Crippen molar-refractivity contribution in [3.05, 3.63) is 60.3 Å². The lowest BCUT2D eigenvalue weighted by atomic mass is 10.0. The van der Waals surface area contributed by atoms with E-state index in [0.717, 1.165) is 72.2 Å². The van der Waals surface area contributed by atoms with Crippen molar-refractivity contribution in [2.45, 2.75) is 57.7 Å². The van der Waals surface area contributed by atoms with Gasteiger partial charge in [0.05, 0.1) is 42.4 Å². The van der Waals surface area contributed by atoms with Crippen LogP contribution in [0.1, 0.15) is 63.0 Å². The van der Waals surface area contributed by atoms with Crippen LogP contribution in [0.2, 0.25) is 0 Å². The van der Waals surface area contributed by atoms with Crippen LogP contribution >= 0.6 is 0 Å². The van der Waals surface area contributed by atoms with Gasteiger partial charge >= 0.3 is 0 Å². The van der Waals surface area contributed by atoms with Crippen LogP contribution < -0.4 is 0 Å². The van der Waals surface area contributed by atoms with E-state index in [1.54, 1.807) is 0 Å². The van der Waals surface area contributed by atoms with E-state index in [1.807, 2.05) is 41.5 Å². The van der Waals surface area contributed by atoms with Crippen molar-refractivity contribution in [1.82, 2.24) is 34.4 Å². The first-order valence-corrected chi connectivity index (χ1v) is 13.7. The van der Waals surface area contributed by atoms with Gasteiger partial charge in [-0.3, -0.25) is 24.2 Å². The maximum atomic E-state index is 5.57. The van der Waals surface area contributed by atoms with Gasteiger partial charge < -0.3 is 4.74 Å². The smallest absolute Gasteiger partial charge is 0.108 e. The molecule has 37 heavy (non-hydrogen) atoms. The summed E-state index contributed by atoms with van der Waals surface area (Å²) in [6, 6.07) is 11.6. The summed E-state index contributed by atoms with van der Waals surface area (Å²) >= 11 is 0. The molecule has 1 saturated heterocycles. The summed E-state index contributed by atoms with van der Waals surface area (Å²) in [5.74, 6) is 2.21. The molecule has 2 aliphatic carbocycles. The van der Waals surface area contributed by atoms with Gasteiger partial charge in [-0.15, -0.1) is 0 Å². The van der Waals surface area contributed by atoms with Gasteiger partial charge in [0.1, 0.15) is 5.52 Å². The lowest BCUT2D eigenvalue weighted by molar-refractivity contribution is 0.0151. The summed E-state index contributed by atoms with van der Waals surface area (Å²) in [5.41, 5.74) is 6.33. The first kappa shape index (κ1) is 23.0. The molecule has 3 aliphatic rings. The Kier molecular flexibility index (Phi) is 5.62. The molecule has 0 aromatic carbocycles. The highest BCUT2D eigenvalue weighted by Gasteiger charge is 2.58. The Labute approximate surface area is 217 Å². The van der Waals surface area contributed by atoms with Crippen molar-refractivity contribution < 1.29 is 4.74 Å². The molecular weight excluding hydrogens is 462 g/mol. The Balaban J connectivity index is 1.17. The molecule has 3 fully saturated rings. The van der Waals surface area contributed by atoms with Crippen molar-refractivity contribution in [3.63, 3.8) is 0 Å². The molecule has 4 aromatic heterocycles. The SMILES string of the molecule is CC(C)n1nc(-c2cnc3cnn([C@@H](C)c4ccccn4)c3c2)cc1[C@H]1[C@@H]2C[C@@H](N3CCOCC3)C[C@@H]21. The van der Waals surface area contributed by atoms with Crippen molar-refractivity contribution in [2.24, 2.45) is 11.8 Å². The minimum atomic E-state index is 0.0183. The Hall–Kier alpha value is -3.10. The van der Waals surface area contributed by atoms with Crippen LogP contribution in [0.5, 0.6) is 0 Å². The maximum Gasteiger partial charge on any atom is 0.108 e. The van der Waals surface area contributed by atoms with E-state index in [0.29, 0.717) is 12.0 Å². The van der Waals surface area contributed by atoms with E-state index in [9.17, 15) is 0 Å². The minimum absolute atomic E-state index is 0.0183. The molecule has 2 saturated carbocycles. The van der Waals surface area contributed by atoms with E-state index >= 15 is 0 Å². The molecule has 0 N–H and O–H groups in total. The second-order valence-corrected chi connectivity index (χ2v) is 11.3. The molecule has 8 nitrogen and oxygen atoms in total. The molecule has 8 heteroatoms. The lowest BCUT2D eigenvalue weighted by Gasteiger charge is -2.33. The summed E-state index contributed by atoms with van der Waals surface area (Å²) in [5, 5.41) is 9.77. The molecule has 7 rings (SSSR count). The summed E-state index contributed by atoms with van der Waals surface area (Å²) < 4.78 is 9.86. The van der Waals surface area contributed by atoms with E-state index in [1.165, 1.54) is 18.5 Å². The Morgan fingerprint density at radius 3 is 2.49 bits per heavy atom. The summed E-state index contributed by atoms with van der Waals surface area (Å²) in [6.07, 6.45) is 8.24. The van der Waals surface area contributed by atoms with Crippen LogP contribution in [0, 0.1) is 11.8 Å². The van der Waals surface area contributed by atoms with Crippen LogP contribution in [0.3, 0.4) is 0 Å². The first-order chi connectivity index (χ1) is 18.1. The van der Waals surface area contributed by atoms with Crippen molar-refractivity contribution >= 4 is 11.0 Å². The van der Waals surface area contributed by atoms with Crippen LogP contribution in [0.15, 0.2) is 48.9 Å². The molecule has 5 heterocycles. The van der Waals surface area contributed by atoms with Crippen LogP contribution in [0.4, 0.5) is 0 Å². The molecule has 192 valence electrons. The first-order valence-electron chi connectivity index (χ1n) is 13.7. The molecule has 4 aromatic rings. The van der Waals surface area contributed by atoms with Crippen molar-refractivity contribution in [2.75, 3.05) is 26.3 Å². The van der Waals surface area contributed by atoms with E-state index in [-0.39, 0.29) is 6.04 Å². The largest absolute Gasteiger partial charge is 0.379 e. The fraction of sp³-hybridized carbons (Fsp3) is 0.517. The predicted molar refractivity (Wildman–Crippen MR) is 142 cm³/mol. The highest BCUT2D eigenvalue weighted by atomic mass is 16.5. The van der Waals surface area contributed by atoms with Crippen LogP contribution in [0.25, 0.3) is 22.3 Å². The number of fused-ring (bicyclic) bond motifs is 2. The molecule has 5 atom stereocenters. The molecular formula is C29H35N7O. The number of nitrogens with zero attached hydrogens (tertiary/aromatic N) is 7. The number of hydrogen-bond donors (Lipinski definition) is 0. The average molecular weight is 498 g/mol. The van der Waals surface area contributed by atoms with Gasteiger partial charge in [-0.1, -0.05) is 6.07 Å². The zero-order chi connectivity index (χ0) is 25.1. The quantitative estimate of drug-likeness (QED) is 0.384. The van der Waals surface area contributed by atoms with E-state index < -0.39 is 0 Å². The Morgan fingerprint density at radius 2 is 1.76 bits per heavy atom. The Morgan fingerprint density at radius 1 is 0.946 bits per heavy atom. The zero-order valence-corrected chi connectivity index (χ0v) is 21.9. The van der Waals surface area contributed by atoms with Gasteiger partial charge in [0, 0.05) is 54.7 Å². The van der Waals surface area contributed by atoms with Gasteiger partial charge in [0.2, 0.25) is 0 Å². The fourth-order valence-corrected chi connectivity index (χ4v) is 6.83. The molecule has 0 spiro atoms. The van der Waals surface area contributed by atoms with Gasteiger partial charge in [-0.25, -0.2) is 0 Å². The molecule has 0 radical (unpaired) electrons. The zero-order valence-electron chi connectivity index (χ0n) is 21.9. The third-order valence-corrected chi connectivity index (χ3v) is 8.80. The summed E-state index contributed by atoms with van der Waals surface area (Å²) in [6.45, 7) is 10.6. The number of pyridine rings is 2. The third kappa shape index (κ3) is 3.97. The number of rotatable bonds is 6. The molecule has 1 aliphatic heterocycles. The number of morpholine rings is 1. The normalized spacial score (nSPS) is 26.6. The highest BCUT2D eigenvalue weighted by Crippen LogP contribution is 2.64. The van der Waals surface area contributed by atoms with Gasteiger partial charge in [0.15, 0.2) is 0 Å². The highest BCUT2D eigenvalue weighted by molar-refractivity contribution is 5.79. The summed E-state index contributed by atoms with van der Waals surface area (Å²) in [4.78, 5) is 11.9. The van der Waals surface area contributed by atoms with E-state index in [4.69, 9.17) is 14.8 Å². The van der Waals surface area contributed by atoms with Crippen molar-refractivity contribution in [1.29, 1.82) is 0 Å². The average Bonchev–Trinajstić information content (AvgIpc) is 3.36. The van der Waals surface area contributed by atoms with Crippen LogP contribution in [-0.2, 0) is 4.74 Å². The van der Waals surface area contributed by atoms with Crippen LogP contribution in [-0.4, -0.2) is 66.8 Å². The van der Waals surface area contributed by atoms with Gasteiger partial charge in [0.25, 0.3) is 0 Å². The number of hydrogen-bond acceptors (Lipinski definition) is 6. The Bertz CT molecular complexity index is 1390. The number of aromatic nitrogens is 6. The standard InChI is InChI=1S/C29H35N7O/c1-18(2)35-28(29-22-13-21(14-23(22)29)34-8-10-37-11-9-34)15-25(33-35)20-12-27-26(31-16-20)17-32-36(27)19(3)24-6-4-5-7-30-24/h4-7,12,15-19,21-23,29H,8-11,13-14H2,1-3H3/t19-,21-,22-,23+,29+/m0/s1. The lowest BCUT2D eigenvalue weighted by Crippen LogP contribution is -2.43. The number of ether oxygens (including phenoxy) is 1. The molecule has 0 amide bonds. The fourth-order valence-electron chi connectivity index (χ4n) is 6.83. The second kappa shape index (κ2) is 9.03. The molecule has 0 unspecified atom stereocenters. The predicted octanol–water partition coefficient (Wildman–Crippen LogP) is 4.70. The summed E-state index contributed by atoms with van der Waals surface area (Å²) in [7, 11) is 0. The van der Waals surface area contributed by atoms with E-state index in [2.05, 4.69) is 52.6 Å². The molecule has 0 bridgehead atoms. The van der Waals surface area contributed by atoms with Gasteiger partial charge in [-0.05, 0) is 69.7 Å². The van der Waals surface area contributed by atoms with Crippen molar-refractivity contribution in [3.8, 4) is 11.3 Å². The topological polar surface area (TPSA) is 73.9 Å². The second-order valence-electron chi connectivity index (χ2n) is 11.3. The minimum Gasteiger partial charge on any atom is -0.379 e.